The molecule has 6 heteroatoms. The van der Waals surface area contributed by atoms with Gasteiger partial charge in [-0.15, -0.1) is 0 Å². The Morgan fingerprint density at radius 1 is 0.438 bits per heavy atom. The van der Waals surface area contributed by atoms with Crippen molar-refractivity contribution in [2.75, 3.05) is 6.54 Å². The van der Waals surface area contributed by atoms with Crippen LogP contribution < -0.4 is 27.0 Å². The standard InChI is InChI=1S/C42H84N6/c1-34(2)22-30(23-35(3,4)44-34)42(20-18-17-19-21-43,31-24-36(5,6)45-37(7,8)25-31)48(32-26-38(9,10)46-39(11,12)27-32)33-28-40(13,14)47-41(15,16)29-33/h30-33,44-47H,17-29,43H2,1-16H3. The normalized spacial score (nSPS) is 30.4. The van der Waals surface area contributed by atoms with Crippen LogP contribution in [0.2, 0.25) is 0 Å². The Hall–Kier alpha value is -0.240. The molecule has 0 atom stereocenters. The van der Waals surface area contributed by atoms with Crippen LogP contribution in [0.25, 0.3) is 0 Å². The highest BCUT2D eigenvalue weighted by Crippen LogP contribution is 2.56. The highest BCUT2D eigenvalue weighted by molar-refractivity contribution is 5.18. The van der Waals surface area contributed by atoms with E-state index in [1.807, 2.05) is 0 Å². The second kappa shape index (κ2) is 13.3. The molecular formula is C42H84N6. The van der Waals surface area contributed by atoms with E-state index in [0.717, 1.165) is 13.0 Å². The summed E-state index contributed by atoms with van der Waals surface area (Å²) in [7, 11) is 0. The molecule has 4 aliphatic heterocycles. The Labute approximate surface area is 299 Å². The lowest BCUT2D eigenvalue weighted by Crippen LogP contribution is -2.76. The first kappa shape index (κ1) is 40.5. The summed E-state index contributed by atoms with van der Waals surface area (Å²) < 4.78 is 0. The number of nitrogens with two attached hydrogens (primary N) is 1. The molecule has 0 unspecified atom stereocenters. The second-order valence-electron chi connectivity index (χ2n) is 22.9. The zero-order valence-corrected chi connectivity index (χ0v) is 35.0. The zero-order valence-electron chi connectivity index (χ0n) is 35.0. The van der Waals surface area contributed by atoms with Crippen LogP contribution in [0.3, 0.4) is 0 Å². The Kier molecular flexibility index (Phi) is 11.2. The number of unbranched alkanes of at least 4 members (excludes halogenated alkanes) is 2. The van der Waals surface area contributed by atoms with Crippen molar-refractivity contribution in [2.24, 2.45) is 17.6 Å². The SMILES string of the molecule is CC1(C)CC(N(C2CC(C)(C)NC(C)(C)C2)C(CCCCCN)(C2CC(C)(C)NC(C)(C)C2)C2CC(C)(C)NC(C)(C)C2)CC(C)(C)N1. The average molecular weight is 673 g/mol. The predicted octanol–water partition coefficient (Wildman–Crippen LogP) is 8.28. The molecule has 4 saturated heterocycles. The molecule has 6 nitrogen and oxygen atoms in total. The van der Waals surface area contributed by atoms with Gasteiger partial charge in [0.05, 0.1) is 0 Å². The number of nitrogens with one attached hydrogen (secondary N) is 4. The number of piperidine rings is 4. The van der Waals surface area contributed by atoms with Gasteiger partial charge in [-0.05, 0) is 193 Å². The Morgan fingerprint density at radius 3 is 0.979 bits per heavy atom. The van der Waals surface area contributed by atoms with Crippen molar-refractivity contribution < 1.29 is 0 Å². The lowest BCUT2D eigenvalue weighted by Gasteiger charge is -2.68. The Balaban J connectivity index is 2.06. The highest BCUT2D eigenvalue weighted by Gasteiger charge is 2.61. The van der Waals surface area contributed by atoms with E-state index in [1.54, 1.807) is 0 Å². The molecule has 4 fully saturated rings. The summed E-state index contributed by atoms with van der Waals surface area (Å²) in [4.78, 5) is 3.36. The maximum Gasteiger partial charge on any atom is 0.0274 e. The van der Waals surface area contributed by atoms with Gasteiger partial charge in [0.2, 0.25) is 0 Å². The fourth-order valence-electron chi connectivity index (χ4n) is 13.3. The quantitative estimate of drug-likeness (QED) is 0.150. The van der Waals surface area contributed by atoms with Crippen molar-refractivity contribution >= 4 is 0 Å². The van der Waals surface area contributed by atoms with Crippen molar-refractivity contribution in [3.8, 4) is 0 Å². The van der Waals surface area contributed by atoms with Crippen molar-refractivity contribution in [2.45, 2.75) is 250 Å². The number of nitrogens with zero attached hydrogens (tertiary/aromatic N) is 1. The number of hydrogen-bond acceptors (Lipinski definition) is 6. The molecule has 4 aliphatic rings. The molecule has 0 aromatic rings. The minimum Gasteiger partial charge on any atom is -0.330 e. The van der Waals surface area contributed by atoms with Gasteiger partial charge in [0.1, 0.15) is 0 Å². The van der Waals surface area contributed by atoms with E-state index in [0.29, 0.717) is 23.9 Å². The first-order valence-corrected chi connectivity index (χ1v) is 20.2. The molecule has 0 spiro atoms. The minimum absolute atomic E-state index is 0.0736. The molecule has 0 amide bonds. The lowest BCUT2D eigenvalue weighted by molar-refractivity contribution is -0.154. The average Bonchev–Trinajstić information content (AvgIpc) is 2.77. The van der Waals surface area contributed by atoms with E-state index in [9.17, 15) is 0 Å². The fraction of sp³-hybridized carbons (Fsp3) is 1.00. The fourth-order valence-corrected chi connectivity index (χ4v) is 13.3. The molecule has 0 aliphatic carbocycles. The van der Waals surface area contributed by atoms with Crippen LogP contribution in [0.4, 0.5) is 0 Å². The number of hydrogen-bond donors (Lipinski definition) is 5. The van der Waals surface area contributed by atoms with Gasteiger partial charge in [0.15, 0.2) is 0 Å². The van der Waals surface area contributed by atoms with Gasteiger partial charge in [-0.3, -0.25) is 4.90 Å². The molecule has 0 aromatic carbocycles. The second-order valence-corrected chi connectivity index (χ2v) is 22.9. The van der Waals surface area contributed by atoms with Crippen LogP contribution in [0.15, 0.2) is 0 Å². The molecule has 6 N–H and O–H groups in total. The molecule has 0 aromatic heterocycles. The first-order chi connectivity index (χ1) is 21.5. The van der Waals surface area contributed by atoms with Crippen LogP contribution in [-0.2, 0) is 0 Å². The van der Waals surface area contributed by atoms with E-state index in [-0.39, 0.29) is 49.9 Å². The van der Waals surface area contributed by atoms with Crippen molar-refractivity contribution in [3.05, 3.63) is 0 Å². The van der Waals surface area contributed by atoms with Crippen LogP contribution >= 0.6 is 0 Å². The van der Waals surface area contributed by atoms with Crippen LogP contribution in [0, 0.1) is 11.8 Å². The van der Waals surface area contributed by atoms with Gasteiger partial charge in [-0.25, -0.2) is 0 Å². The van der Waals surface area contributed by atoms with Gasteiger partial charge in [0, 0.05) is 61.9 Å². The third-order valence-electron chi connectivity index (χ3n) is 12.7. The van der Waals surface area contributed by atoms with E-state index < -0.39 is 0 Å². The maximum absolute atomic E-state index is 6.18. The molecule has 0 bridgehead atoms. The molecule has 282 valence electrons. The van der Waals surface area contributed by atoms with Crippen LogP contribution in [0.1, 0.15) is 188 Å². The minimum atomic E-state index is 0.0736. The maximum atomic E-state index is 6.18. The third-order valence-corrected chi connectivity index (χ3v) is 12.7. The van der Waals surface area contributed by atoms with Crippen LogP contribution in [-0.4, -0.2) is 73.4 Å². The van der Waals surface area contributed by atoms with Crippen molar-refractivity contribution in [3.63, 3.8) is 0 Å². The Morgan fingerprint density at radius 2 is 0.708 bits per heavy atom. The van der Waals surface area contributed by atoms with E-state index in [2.05, 4.69) is 137 Å². The zero-order chi connectivity index (χ0) is 36.4. The molecule has 4 rings (SSSR count). The summed E-state index contributed by atoms with van der Waals surface area (Å²) in [5.74, 6) is 1.19. The summed E-state index contributed by atoms with van der Waals surface area (Å²) >= 11 is 0. The highest BCUT2D eigenvalue weighted by atomic mass is 15.3. The summed E-state index contributed by atoms with van der Waals surface area (Å²) in [6, 6.07) is 1.03. The van der Waals surface area contributed by atoms with Gasteiger partial charge in [0.25, 0.3) is 0 Å². The summed E-state index contributed by atoms with van der Waals surface area (Å²) in [5, 5.41) is 16.5. The van der Waals surface area contributed by atoms with Gasteiger partial charge in [-0.1, -0.05) is 12.8 Å². The van der Waals surface area contributed by atoms with E-state index in [4.69, 9.17) is 5.73 Å². The summed E-state index contributed by atoms with van der Waals surface area (Å²) in [6.07, 6.45) is 14.6. The first-order valence-electron chi connectivity index (χ1n) is 20.2. The van der Waals surface area contributed by atoms with Gasteiger partial charge >= 0.3 is 0 Å². The van der Waals surface area contributed by atoms with E-state index >= 15 is 0 Å². The van der Waals surface area contributed by atoms with Gasteiger partial charge < -0.3 is 27.0 Å². The largest absolute Gasteiger partial charge is 0.330 e. The van der Waals surface area contributed by atoms with E-state index in [1.165, 1.54) is 70.6 Å². The summed E-state index contributed by atoms with van der Waals surface area (Å²) in [6.45, 7) is 40.6. The molecule has 0 saturated carbocycles. The topological polar surface area (TPSA) is 77.4 Å². The van der Waals surface area contributed by atoms with Crippen molar-refractivity contribution in [1.29, 1.82) is 0 Å². The third kappa shape index (κ3) is 9.79. The molecule has 4 heterocycles. The lowest BCUT2D eigenvalue weighted by atomic mass is 9.55. The predicted molar refractivity (Wildman–Crippen MR) is 209 cm³/mol. The smallest absolute Gasteiger partial charge is 0.0274 e. The van der Waals surface area contributed by atoms with Crippen LogP contribution in [0.5, 0.6) is 0 Å². The molecular weight excluding hydrogens is 589 g/mol. The van der Waals surface area contributed by atoms with Gasteiger partial charge in [-0.2, -0.15) is 0 Å². The monoisotopic (exact) mass is 673 g/mol. The molecule has 48 heavy (non-hydrogen) atoms. The number of rotatable bonds is 10. The summed E-state index contributed by atoms with van der Waals surface area (Å²) in [5.41, 5.74) is 6.88. The molecule has 0 radical (unpaired) electrons. The Bertz CT molecular complexity index is 957. The van der Waals surface area contributed by atoms with Crippen molar-refractivity contribution in [1.82, 2.24) is 26.2 Å².